The fourth-order valence-electron chi connectivity index (χ4n) is 3.05. The number of halogens is 2. The van der Waals surface area contributed by atoms with Crippen molar-refractivity contribution in [2.75, 3.05) is 5.32 Å². The lowest BCUT2D eigenvalue weighted by Gasteiger charge is -2.14. The molecule has 1 atom stereocenters. The summed E-state index contributed by atoms with van der Waals surface area (Å²) in [4.78, 5) is 24.5. The Bertz CT molecular complexity index is 1090. The van der Waals surface area contributed by atoms with Crippen molar-refractivity contribution in [2.45, 2.75) is 25.8 Å². The minimum atomic E-state index is -0.245. The molecule has 6 nitrogen and oxygen atoms in total. The van der Waals surface area contributed by atoms with Crippen molar-refractivity contribution in [3.05, 3.63) is 76.0 Å². The van der Waals surface area contributed by atoms with E-state index in [1.165, 1.54) is 10.9 Å². The number of nitrogens with zero attached hydrogens (tertiary/aromatic N) is 2. The molecule has 1 fully saturated rings. The van der Waals surface area contributed by atoms with E-state index >= 15 is 0 Å². The molecule has 30 heavy (non-hydrogen) atoms. The maximum atomic E-state index is 12.6. The summed E-state index contributed by atoms with van der Waals surface area (Å²) in [6.07, 6.45) is 5.04. The number of aromatic nitrogens is 2. The molecule has 0 bridgehead atoms. The topological polar surface area (TPSA) is 76.0 Å². The van der Waals surface area contributed by atoms with Crippen LogP contribution in [0.3, 0.4) is 0 Å². The predicted molar refractivity (Wildman–Crippen MR) is 117 cm³/mol. The predicted octanol–water partition coefficient (Wildman–Crippen LogP) is 5.02. The van der Waals surface area contributed by atoms with Gasteiger partial charge in [0.25, 0.3) is 5.91 Å². The van der Waals surface area contributed by atoms with Crippen molar-refractivity contribution in [1.29, 1.82) is 0 Å². The zero-order chi connectivity index (χ0) is 21.3. The normalized spacial score (nSPS) is 14.2. The third-order valence-electron chi connectivity index (χ3n) is 4.98. The number of carbonyl (C=O) groups is 2. The van der Waals surface area contributed by atoms with Crippen molar-refractivity contribution in [3.63, 3.8) is 0 Å². The van der Waals surface area contributed by atoms with E-state index in [1.54, 1.807) is 24.4 Å². The zero-order valence-electron chi connectivity index (χ0n) is 16.2. The molecule has 0 saturated heterocycles. The number of hydrogen-bond donors (Lipinski definition) is 2. The number of carbonyl (C=O) groups excluding carboxylic acids is 2. The van der Waals surface area contributed by atoms with Gasteiger partial charge in [-0.1, -0.05) is 35.3 Å². The number of rotatable bonds is 6. The number of hydrogen-bond acceptors (Lipinski definition) is 3. The van der Waals surface area contributed by atoms with E-state index in [1.807, 2.05) is 31.2 Å². The molecule has 1 aromatic heterocycles. The lowest BCUT2D eigenvalue weighted by atomic mass is 10.1. The second-order valence-corrected chi connectivity index (χ2v) is 8.19. The average Bonchev–Trinajstić information content (AvgIpc) is 3.46. The summed E-state index contributed by atoms with van der Waals surface area (Å²) >= 11 is 12.1. The van der Waals surface area contributed by atoms with Crippen LogP contribution in [0.15, 0.2) is 54.9 Å². The van der Waals surface area contributed by atoms with E-state index in [9.17, 15) is 9.59 Å². The maximum Gasteiger partial charge on any atom is 0.254 e. The van der Waals surface area contributed by atoms with Crippen LogP contribution in [0.1, 0.15) is 41.7 Å². The van der Waals surface area contributed by atoms with E-state index in [2.05, 4.69) is 15.7 Å². The van der Waals surface area contributed by atoms with E-state index in [0.717, 1.165) is 24.1 Å². The molecule has 1 unspecified atom stereocenters. The van der Waals surface area contributed by atoms with E-state index < -0.39 is 0 Å². The van der Waals surface area contributed by atoms with Gasteiger partial charge in [-0.15, -0.1) is 0 Å². The molecule has 0 spiro atoms. The van der Waals surface area contributed by atoms with Gasteiger partial charge in [0.15, 0.2) is 0 Å². The Balaban J connectivity index is 1.39. The second-order valence-electron chi connectivity index (χ2n) is 7.35. The molecular weight excluding hydrogens is 423 g/mol. The lowest BCUT2D eigenvalue weighted by molar-refractivity contribution is -0.117. The number of nitrogens with one attached hydrogen (secondary N) is 2. The van der Waals surface area contributed by atoms with Gasteiger partial charge in [-0.3, -0.25) is 9.59 Å². The van der Waals surface area contributed by atoms with Crippen LogP contribution in [-0.2, 0) is 4.79 Å². The highest BCUT2D eigenvalue weighted by Crippen LogP contribution is 2.30. The molecule has 1 aliphatic carbocycles. The summed E-state index contributed by atoms with van der Waals surface area (Å²) in [5.74, 6) is -0.0154. The molecule has 1 heterocycles. The smallest absolute Gasteiger partial charge is 0.254 e. The van der Waals surface area contributed by atoms with E-state index in [4.69, 9.17) is 23.2 Å². The molecule has 0 aliphatic heterocycles. The van der Waals surface area contributed by atoms with Gasteiger partial charge in [-0.2, -0.15) is 5.10 Å². The van der Waals surface area contributed by atoms with Gasteiger partial charge < -0.3 is 10.6 Å². The molecule has 3 aromatic rings. The minimum absolute atomic E-state index is 0.0712. The number of anilines is 1. The van der Waals surface area contributed by atoms with Crippen LogP contribution in [0, 0.1) is 5.92 Å². The highest BCUT2D eigenvalue weighted by molar-refractivity contribution is 6.35. The van der Waals surface area contributed by atoms with Gasteiger partial charge in [-0.05, 0) is 55.7 Å². The monoisotopic (exact) mass is 442 g/mol. The van der Waals surface area contributed by atoms with E-state index in [0.29, 0.717) is 21.3 Å². The Morgan fingerprint density at radius 3 is 2.53 bits per heavy atom. The fraction of sp³-hybridized carbons (Fsp3) is 0.227. The van der Waals surface area contributed by atoms with Gasteiger partial charge in [0, 0.05) is 22.8 Å². The third-order valence-corrected chi connectivity index (χ3v) is 5.51. The highest BCUT2D eigenvalue weighted by atomic mass is 35.5. The summed E-state index contributed by atoms with van der Waals surface area (Å²) in [6.45, 7) is 1.90. The van der Waals surface area contributed by atoms with Gasteiger partial charge in [-0.25, -0.2) is 4.68 Å². The number of benzene rings is 2. The number of amides is 2. The van der Waals surface area contributed by atoms with Crippen molar-refractivity contribution in [3.8, 4) is 5.69 Å². The van der Waals surface area contributed by atoms with Crippen LogP contribution < -0.4 is 10.6 Å². The Hall–Kier alpha value is -2.83. The van der Waals surface area contributed by atoms with Crippen molar-refractivity contribution in [1.82, 2.24) is 15.1 Å². The van der Waals surface area contributed by atoms with Gasteiger partial charge in [0.1, 0.15) is 0 Å². The molecule has 4 rings (SSSR count). The highest BCUT2D eigenvalue weighted by Gasteiger charge is 2.29. The van der Waals surface area contributed by atoms with Crippen molar-refractivity contribution < 1.29 is 9.59 Å². The second kappa shape index (κ2) is 8.50. The largest absolute Gasteiger partial charge is 0.345 e. The first-order chi connectivity index (χ1) is 14.4. The SMILES string of the molecule is CC(NC(=O)c1cnn(-c2ccc(Cl)cc2Cl)c1)c1ccc(NC(=O)C2CC2)cc1. The van der Waals surface area contributed by atoms with Crippen LogP contribution in [0.4, 0.5) is 5.69 Å². The molecule has 0 radical (unpaired) electrons. The van der Waals surface area contributed by atoms with Crippen molar-refractivity contribution in [2.24, 2.45) is 5.92 Å². The first kappa shape index (κ1) is 20.4. The lowest BCUT2D eigenvalue weighted by Crippen LogP contribution is -2.26. The zero-order valence-corrected chi connectivity index (χ0v) is 17.7. The van der Waals surface area contributed by atoms with Crippen LogP contribution >= 0.6 is 23.2 Å². The van der Waals surface area contributed by atoms with E-state index in [-0.39, 0.29) is 23.8 Å². The van der Waals surface area contributed by atoms with Crippen LogP contribution in [0.2, 0.25) is 10.0 Å². The van der Waals surface area contributed by atoms with Crippen LogP contribution in [-0.4, -0.2) is 21.6 Å². The Morgan fingerprint density at radius 1 is 1.13 bits per heavy atom. The molecule has 2 aromatic carbocycles. The standard InChI is InChI=1S/C22H20Cl2N4O2/c1-13(14-4-7-18(8-5-14)27-21(29)15-2-3-15)26-22(30)16-11-25-28(12-16)20-9-6-17(23)10-19(20)24/h4-13,15H,2-3H2,1H3,(H,26,30)(H,27,29). The molecule has 154 valence electrons. The molecule has 1 aliphatic rings. The molecule has 8 heteroatoms. The summed E-state index contributed by atoms with van der Waals surface area (Å²) in [7, 11) is 0. The fourth-order valence-corrected chi connectivity index (χ4v) is 3.54. The first-order valence-electron chi connectivity index (χ1n) is 9.62. The maximum absolute atomic E-state index is 12.6. The van der Waals surface area contributed by atoms with Gasteiger partial charge >= 0.3 is 0 Å². The van der Waals surface area contributed by atoms with Gasteiger partial charge in [0.05, 0.1) is 28.5 Å². The first-order valence-corrected chi connectivity index (χ1v) is 10.4. The Kier molecular flexibility index (Phi) is 5.79. The summed E-state index contributed by atoms with van der Waals surface area (Å²) in [6, 6.07) is 12.3. The molecular formula is C22H20Cl2N4O2. The quantitative estimate of drug-likeness (QED) is 0.562. The van der Waals surface area contributed by atoms with Crippen LogP contribution in [0.25, 0.3) is 5.69 Å². The summed E-state index contributed by atoms with van der Waals surface area (Å²) in [5, 5.41) is 11.1. The van der Waals surface area contributed by atoms with Crippen molar-refractivity contribution >= 4 is 40.7 Å². The summed E-state index contributed by atoms with van der Waals surface area (Å²) in [5.41, 5.74) is 2.74. The van der Waals surface area contributed by atoms with Crippen LogP contribution in [0.5, 0.6) is 0 Å². The Labute approximate surface area is 184 Å². The molecule has 1 saturated carbocycles. The third kappa shape index (κ3) is 4.66. The minimum Gasteiger partial charge on any atom is -0.345 e. The Morgan fingerprint density at radius 2 is 1.87 bits per heavy atom. The molecule has 2 N–H and O–H groups in total. The van der Waals surface area contributed by atoms with Gasteiger partial charge in [0.2, 0.25) is 5.91 Å². The summed E-state index contributed by atoms with van der Waals surface area (Å²) < 4.78 is 1.54. The molecule has 2 amide bonds. The average molecular weight is 443 g/mol.